The summed E-state index contributed by atoms with van der Waals surface area (Å²) in [5.74, 6) is 0.0679. The Kier molecular flexibility index (Phi) is 4.26. The van der Waals surface area contributed by atoms with Crippen LogP contribution in [0.3, 0.4) is 0 Å². The minimum Gasteiger partial charge on any atom is -0.350 e. The summed E-state index contributed by atoms with van der Waals surface area (Å²) >= 11 is 1.69. The molecule has 1 amide bonds. The first-order chi connectivity index (χ1) is 10.3. The van der Waals surface area contributed by atoms with E-state index in [0.717, 1.165) is 23.0 Å². The summed E-state index contributed by atoms with van der Waals surface area (Å²) in [6.45, 7) is 0.480. The molecule has 2 aromatic heterocycles. The van der Waals surface area contributed by atoms with Gasteiger partial charge in [0.15, 0.2) is 0 Å². The van der Waals surface area contributed by atoms with E-state index in [1.807, 2.05) is 47.8 Å². The van der Waals surface area contributed by atoms with E-state index in [2.05, 4.69) is 16.4 Å². The Labute approximate surface area is 127 Å². The maximum absolute atomic E-state index is 11.8. The van der Waals surface area contributed by atoms with E-state index in [9.17, 15) is 4.79 Å². The molecule has 0 aliphatic carbocycles. The van der Waals surface area contributed by atoms with E-state index in [1.54, 1.807) is 11.3 Å². The number of para-hydroxylation sites is 1. The van der Waals surface area contributed by atoms with Crippen molar-refractivity contribution >= 4 is 28.1 Å². The molecule has 0 saturated heterocycles. The van der Waals surface area contributed by atoms with Crippen LogP contribution in [0.2, 0.25) is 0 Å². The van der Waals surface area contributed by atoms with Gasteiger partial charge >= 0.3 is 0 Å². The third-order valence-electron chi connectivity index (χ3n) is 3.30. The second-order valence-electron chi connectivity index (χ2n) is 4.85. The van der Waals surface area contributed by atoms with Crippen molar-refractivity contribution in [3.63, 3.8) is 0 Å². The first-order valence-electron chi connectivity index (χ1n) is 6.95. The number of amides is 1. The third kappa shape index (κ3) is 3.67. The molecule has 106 valence electrons. The number of nitrogens with one attached hydrogen (secondary N) is 1. The molecule has 0 bridgehead atoms. The Balaban J connectivity index is 1.54. The number of nitrogens with zero attached hydrogens (tertiary/aromatic N) is 1. The van der Waals surface area contributed by atoms with Gasteiger partial charge in [0.1, 0.15) is 0 Å². The number of fused-ring (bicyclic) bond motifs is 1. The highest BCUT2D eigenvalue weighted by Crippen LogP contribution is 2.12. The van der Waals surface area contributed by atoms with Gasteiger partial charge in [-0.15, -0.1) is 11.3 Å². The van der Waals surface area contributed by atoms with Gasteiger partial charge in [-0.2, -0.15) is 0 Å². The molecular weight excluding hydrogens is 280 g/mol. The molecule has 0 atom stereocenters. The number of aryl methyl sites for hydroxylation is 1. The zero-order chi connectivity index (χ0) is 14.5. The van der Waals surface area contributed by atoms with Crippen LogP contribution in [0.5, 0.6) is 0 Å². The van der Waals surface area contributed by atoms with Crippen LogP contribution in [0.15, 0.2) is 53.9 Å². The van der Waals surface area contributed by atoms with Crippen molar-refractivity contribution in [1.82, 2.24) is 10.3 Å². The summed E-state index contributed by atoms with van der Waals surface area (Å²) in [5.41, 5.74) is 1.85. The Morgan fingerprint density at radius 3 is 2.86 bits per heavy atom. The van der Waals surface area contributed by atoms with Gasteiger partial charge in [0.2, 0.25) is 5.91 Å². The van der Waals surface area contributed by atoms with Crippen LogP contribution >= 0.6 is 11.3 Å². The maximum atomic E-state index is 11.8. The molecule has 4 heteroatoms. The summed E-state index contributed by atoms with van der Waals surface area (Å²) in [4.78, 5) is 17.6. The topological polar surface area (TPSA) is 42.0 Å². The summed E-state index contributed by atoms with van der Waals surface area (Å²) < 4.78 is 0. The summed E-state index contributed by atoms with van der Waals surface area (Å²) in [6.07, 6.45) is 1.32. The van der Waals surface area contributed by atoms with E-state index in [1.165, 1.54) is 4.88 Å². The average molecular weight is 296 g/mol. The predicted octanol–water partition coefficient (Wildman–Crippen LogP) is 3.55. The van der Waals surface area contributed by atoms with Crippen LogP contribution < -0.4 is 5.32 Å². The van der Waals surface area contributed by atoms with Crippen LogP contribution in [-0.4, -0.2) is 10.9 Å². The van der Waals surface area contributed by atoms with Crippen LogP contribution in [0, 0.1) is 0 Å². The van der Waals surface area contributed by atoms with Crippen LogP contribution in [-0.2, 0) is 17.8 Å². The molecule has 0 saturated carbocycles. The lowest BCUT2D eigenvalue weighted by Gasteiger charge is -2.05. The number of aromatic nitrogens is 1. The highest BCUT2D eigenvalue weighted by molar-refractivity contribution is 7.09. The number of hydrogen-bond acceptors (Lipinski definition) is 3. The molecule has 0 fully saturated rings. The van der Waals surface area contributed by atoms with Crippen LogP contribution in [0.1, 0.15) is 17.0 Å². The largest absolute Gasteiger partial charge is 0.350 e. The number of rotatable bonds is 5. The molecule has 1 N–H and O–H groups in total. The lowest BCUT2D eigenvalue weighted by atomic mass is 10.2. The number of thiophene rings is 1. The normalized spacial score (nSPS) is 10.7. The highest BCUT2D eigenvalue weighted by atomic mass is 32.1. The molecule has 3 rings (SSSR count). The number of carbonyl (C=O) groups excluding carboxylic acids is 1. The first kappa shape index (κ1) is 13.8. The second-order valence-corrected chi connectivity index (χ2v) is 5.88. The van der Waals surface area contributed by atoms with Crippen molar-refractivity contribution in [3.05, 3.63) is 64.5 Å². The van der Waals surface area contributed by atoms with E-state index < -0.39 is 0 Å². The van der Waals surface area contributed by atoms with Gasteiger partial charge in [0.25, 0.3) is 0 Å². The summed E-state index contributed by atoms with van der Waals surface area (Å²) in [7, 11) is 0. The highest BCUT2D eigenvalue weighted by Gasteiger charge is 2.04. The fourth-order valence-corrected chi connectivity index (χ4v) is 2.88. The number of carbonyl (C=O) groups is 1. The van der Waals surface area contributed by atoms with Gasteiger partial charge in [-0.05, 0) is 30.0 Å². The second kappa shape index (κ2) is 6.50. The molecule has 21 heavy (non-hydrogen) atoms. The molecule has 0 aliphatic rings. The average Bonchev–Trinajstić information content (AvgIpc) is 3.04. The molecule has 0 radical (unpaired) electrons. The molecule has 3 aromatic rings. The lowest BCUT2D eigenvalue weighted by molar-refractivity contribution is -0.121. The van der Waals surface area contributed by atoms with Crippen molar-refractivity contribution in [3.8, 4) is 0 Å². The zero-order valence-corrected chi connectivity index (χ0v) is 12.4. The van der Waals surface area contributed by atoms with Crippen molar-refractivity contribution in [2.45, 2.75) is 19.4 Å². The molecular formula is C17H16N2OS. The fraction of sp³-hybridized carbons (Fsp3) is 0.176. The summed E-state index contributed by atoms with van der Waals surface area (Å²) in [6, 6.07) is 16.1. The standard InChI is InChI=1S/C17H16N2OS/c20-17(10-9-15-5-3-11-21-15)18-12-14-8-7-13-4-1-2-6-16(13)19-14/h1-8,11H,9-10,12H2,(H,18,20). The smallest absolute Gasteiger partial charge is 0.220 e. The molecule has 3 nitrogen and oxygen atoms in total. The van der Waals surface area contributed by atoms with Gasteiger partial charge in [-0.3, -0.25) is 9.78 Å². The minimum absolute atomic E-state index is 0.0679. The van der Waals surface area contributed by atoms with Gasteiger partial charge in [0.05, 0.1) is 17.8 Å². The van der Waals surface area contributed by atoms with Gasteiger partial charge < -0.3 is 5.32 Å². The molecule has 2 heterocycles. The third-order valence-corrected chi connectivity index (χ3v) is 4.24. The molecule has 1 aromatic carbocycles. The van der Waals surface area contributed by atoms with E-state index in [4.69, 9.17) is 0 Å². The fourth-order valence-electron chi connectivity index (χ4n) is 2.18. The number of benzene rings is 1. The first-order valence-corrected chi connectivity index (χ1v) is 7.83. The molecule has 0 aliphatic heterocycles. The molecule has 0 spiro atoms. The minimum atomic E-state index is 0.0679. The number of hydrogen-bond donors (Lipinski definition) is 1. The monoisotopic (exact) mass is 296 g/mol. The SMILES string of the molecule is O=C(CCc1cccs1)NCc1ccc2ccccc2n1. The maximum Gasteiger partial charge on any atom is 0.220 e. The molecule has 0 unspecified atom stereocenters. The van der Waals surface area contributed by atoms with E-state index >= 15 is 0 Å². The Morgan fingerprint density at radius 2 is 2.00 bits per heavy atom. The Bertz CT molecular complexity index is 737. The van der Waals surface area contributed by atoms with Crippen LogP contribution in [0.4, 0.5) is 0 Å². The Morgan fingerprint density at radius 1 is 1.10 bits per heavy atom. The summed E-state index contributed by atoms with van der Waals surface area (Å²) in [5, 5.41) is 6.08. The zero-order valence-electron chi connectivity index (χ0n) is 11.6. The lowest BCUT2D eigenvalue weighted by Crippen LogP contribution is -2.23. The van der Waals surface area contributed by atoms with Gasteiger partial charge in [-0.25, -0.2) is 0 Å². The van der Waals surface area contributed by atoms with Crippen molar-refractivity contribution in [1.29, 1.82) is 0 Å². The quantitative estimate of drug-likeness (QED) is 0.782. The van der Waals surface area contributed by atoms with E-state index in [-0.39, 0.29) is 5.91 Å². The van der Waals surface area contributed by atoms with Gasteiger partial charge in [0, 0.05) is 16.7 Å². The van der Waals surface area contributed by atoms with E-state index in [0.29, 0.717) is 13.0 Å². The van der Waals surface area contributed by atoms with Crippen molar-refractivity contribution in [2.75, 3.05) is 0 Å². The van der Waals surface area contributed by atoms with Crippen molar-refractivity contribution in [2.24, 2.45) is 0 Å². The number of pyridine rings is 1. The predicted molar refractivity (Wildman–Crippen MR) is 86.2 cm³/mol. The Hall–Kier alpha value is -2.20. The van der Waals surface area contributed by atoms with Crippen LogP contribution in [0.25, 0.3) is 10.9 Å². The van der Waals surface area contributed by atoms with Crippen molar-refractivity contribution < 1.29 is 4.79 Å². The van der Waals surface area contributed by atoms with Gasteiger partial charge in [-0.1, -0.05) is 30.3 Å².